The van der Waals surface area contributed by atoms with E-state index in [0.29, 0.717) is 16.3 Å². The predicted molar refractivity (Wildman–Crippen MR) is 98.7 cm³/mol. The summed E-state index contributed by atoms with van der Waals surface area (Å²) in [5, 5.41) is 11.0. The second kappa shape index (κ2) is 6.06. The smallest absolute Gasteiger partial charge is 0.333 e. The van der Waals surface area contributed by atoms with Crippen LogP contribution in [0.5, 0.6) is 5.88 Å². The molecule has 0 aliphatic heterocycles. The molecule has 0 unspecified atom stereocenters. The Morgan fingerprint density at radius 1 is 0.769 bits per heavy atom. The first kappa shape index (κ1) is 17.8. The minimum absolute atomic E-state index is 0.125. The van der Waals surface area contributed by atoms with Crippen LogP contribution in [0.15, 0.2) is 38.6 Å². The largest absolute Gasteiger partial charge is 0.494 e. The van der Waals surface area contributed by atoms with Crippen LogP contribution in [0.25, 0.3) is 22.5 Å². The number of halogens is 1. The molecule has 0 radical (unpaired) electrons. The quantitative estimate of drug-likeness (QED) is 0.716. The maximum Gasteiger partial charge on any atom is 0.333 e. The highest BCUT2D eigenvalue weighted by Crippen LogP contribution is 2.33. The highest BCUT2D eigenvalue weighted by atomic mass is 35.5. The van der Waals surface area contributed by atoms with Gasteiger partial charge in [0.1, 0.15) is 5.56 Å². The van der Waals surface area contributed by atoms with Gasteiger partial charge in [0.15, 0.2) is 0 Å². The third-order valence-electron chi connectivity index (χ3n) is 4.46. The predicted octanol–water partition coefficient (Wildman–Crippen LogP) is 0.814. The van der Waals surface area contributed by atoms with E-state index in [0.717, 1.165) is 9.13 Å². The lowest BCUT2D eigenvalue weighted by Gasteiger charge is -2.13. The summed E-state index contributed by atoms with van der Waals surface area (Å²) in [4.78, 5) is 37.3. The summed E-state index contributed by atoms with van der Waals surface area (Å²) < 4.78 is 4.49. The van der Waals surface area contributed by atoms with Crippen molar-refractivity contribution in [2.24, 2.45) is 28.2 Å². The Kier molecular flexibility index (Phi) is 4.15. The van der Waals surface area contributed by atoms with Crippen LogP contribution in [0.1, 0.15) is 0 Å². The number of aromatic nitrogens is 4. The number of rotatable bonds is 2. The Labute approximate surface area is 152 Å². The number of hydrogen-bond acceptors (Lipinski definition) is 4. The van der Waals surface area contributed by atoms with Gasteiger partial charge in [0, 0.05) is 38.8 Å². The van der Waals surface area contributed by atoms with Crippen molar-refractivity contribution in [2.45, 2.75) is 0 Å². The van der Waals surface area contributed by atoms with E-state index in [2.05, 4.69) is 0 Å². The second-order valence-corrected chi connectivity index (χ2v) is 6.45. The molecule has 26 heavy (non-hydrogen) atoms. The molecule has 0 bridgehead atoms. The molecular formula is C17H17ClN4O4. The van der Waals surface area contributed by atoms with Crippen LogP contribution in [0.2, 0.25) is 5.02 Å². The molecule has 2 heterocycles. The van der Waals surface area contributed by atoms with Crippen LogP contribution < -0.4 is 16.9 Å². The van der Waals surface area contributed by atoms with Crippen molar-refractivity contribution in [2.75, 3.05) is 0 Å². The molecule has 1 aromatic carbocycles. The summed E-state index contributed by atoms with van der Waals surface area (Å²) in [5.41, 5.74) is -0.569. The lowest BCUT2D eigenvalue weighted by atomic mass is 10.1. The molecule has 136 valence electrons. The summed E-state index contributed by atoms with van der Waals surface area (Å²) in [5.74, 6) is -0.505. The van der Waals surface area contributed by atoms with Gasteiger partial charge < -0.3 is 5.11 Å². The summed E-state index contributed by atoms with van der Waals surface area (Å²) in [6, 6.07) is 6.75. The fraction of sp³-hybridized carbons (Fsp3) is 0.235. The Bertz CT molecular complexity index is 1200. The number of imidazole rings is 1. The summed E-state index contributed by atoms with van der Waals surface area (Å²) in [6.45, 7) is 0. The van der Waals surface area contributed by atoms with Gasteiger partial charge in [0.2, 0.25) is 5.88 Å². The van der Waals surface area contributed by atoms with Gasteiger partial charge in [-0.05, 0) is 12.1 Å². The van der Waals surface area contributed by atoms with E-state index in [9.17, 15) is 19.5 Å². The fourth-order valence-electron chi connectivity index (χ4n) is 3.00. The van der Waals surface area contributed by atoms with Gasteiger partial charge in [-0.1, -0.05) is 23.7 Å². The van der Waals surface area contributed by atoms with Crippen LogP contribution >= 0.6 is 11.6 Å². The fourth-order valence-corrected chi connectivity index (χ4v) is 3.12. The van der Waals surface area contributed by atoms with Gasteiger partial charge >= 0.3 is 11.4 Å². The third kappa shape index (κ3) is 2.41. The van der Waals surface area contributed by atoms with Crippen molar-refractivity contribution in [3.05, 3.63) is 60.6 Å². The zero-order chi connectivity index (χ0) is 19.3. The van der Waals surface area contributed by atoms with Crippen LogP contribution in [-0.4, -0.2) is 23.4 Å². The van der Waals surface area contributed by atoms with Gasteiger partial charge in [-0.15, -0.1) is 0 Å². The molecule has 0 fully saturated rings. The third-order valence-corrected chi connectivity index (χ3v) is 4.71. The number of aromatic hydroxyl groups is 1. The van der Waals surface area contributed by atoms with E-state index in [1.54, 1.807) is 31.3 Å². The van der Waals surface area contributed by atoms with Crippen molar-refractivity contribution < 1.29 is 5.11 Å². The lowest BCUT2D eigenvalue weighted by Crippen LogP contribution is -2.38. The van der Waals surface area contributed by atoms with Gasteiger partial charge in [-0.2, -0.15) is 0 Å². The highest BCUT2D eigenvalue weighted by Gasteiger charge is 2.26. The van der Waals surface area contributed by atoms with Crippen molar-refractivity contribution in [1.82, 2.24) is 18.3 Å². The first-order valence-corrected chi connectivity index (χ1v) is 8.05. The minimum atomic E-state index is -0.693. The Morgan fingerprint density at radius 2 is 1.27 bits per heavy atom. The number of benzene rings is 1. The van der Waals surface area contributed by atoms with Crippen molar-refractivity contribution in [1.29, 1.82) is 0 Å². The van der Waals surface area contributed by atoms with Crippen molar-refractivity contribution >= 4 is 11.6 Å². The van der Waals surface area contributed by atoms with Crippen LogP contribution in [0, 0.1) is 0 Å². The topological polar surface area (TPSA) is 91.2 Å². The minimum Gasteiger partial charge on any atom is -0.494 e. The van der Waals surface area contributed by atoms with Crippen molar-refractivity contribution in [3.63, 3.8) is 0 Å². The average Bonchev–Trinajstić information content (AvgIpc) is 2.84. The molecule has 3 rings (SSSR count). The lowest BCUT2D eigenvalue weighted by molar-refractivity contribution is 0.414. The first-order chi connectivity index (χ1) is 12.2. The standard InChI is InChI=1S/C17H17ClN4O4/c1-19-12(9-5-7-10(18)8-6-9)13(20(2)16(19)25)11-14(23)21(3)17(26)22(4)15(11)24/h5-8,23H,1-4H3. The Morgan fingerprint density at radius 3 is 1.85 bits per heavy atom. The second-order valence-electron chi connectivity index (χ2n) is 6.01. The Hall–Kier alpha value is -3.00. The SMILES string of the molecule is Cn1c(-c2ccc(Cl)cc2)c(-c2c(O)n(C)c(=O)n(C)c2=O)n(C)c1=O. The van der Waals surface area contributed by atoms with E-state index in [1.807, 2.05) is 0 Å². The molecule has 8 nitrogen and oxygen atoms in total. The molecule has 2 aromatic heterocycles. The molecule has 0 saturated carbocycles. The van der Waals surface area contributed by atoms with Crippen LogP contribution in [-0.2, 0) is 28.2 Å². The zero-order valence-corrected chi connectivity index (χ0v) is 15.4. The first-order valence-electron chi connectivity index (χ1n) is 7.67. The molecular weight excluding hydrogens is 360 g/mol. The monoisotopic (exact) mass is 376 g/mol. The van der Waals surface area contributed by atoms with Gasteiger partial charge in [0.05, 0.1) is 11.4 Å². The molecule has 0 atom stereocenters. The molecule has 0 spiro atoms. The maximum atomic E-state index is 12.7. The Balaban J connectivity index is 2.51. The molecule has 0 aliphatic rings. The molecule has 0 saturated heterocycles. The van der Waals surface area contributed by atoms with E-state index in [1.165, 1.54) is 30.3 Å². The summed E-state index contributed by atoms with van der Waals surface area (Å²) in [6.07, 6.45) is 0. The van der Waals surface area contributed by atoms with Crippen LogP contribution in [0.3, 0.4) is 0 Å². The maximum absolute atomic E-state index is 12.7. The average molecular weight is 377 g/mol. The van der Waals surface area contributed by atoms with Crippen molar-refractivity contribution in [3.8, 4) is 28.4 Å². The number of hydrogen-bond donors (Lipinski definition) is 1. The molecule has 1 N–H and O–H groups in total. The van der Waals surface area contributed by atoms with Gasteiger partial charge in [0.25, 0.3) is 5.56 Å². The normalized spacial score (nSPS) is 11.1. The zero-order valence-electron chi connectivity index (χ0n) is 14.6. The van der Waals surface area contributed by atoms with E-state index < -0.39 is 17.1 Å². The summed E-state index contributed by atoms with van der Waals surface area (Å²) in [7, 11) is 5.74. The molecule has 3 aromatic rings. The van der Waals surface area contributed by atoms with E-state index in [-0.39, 0.29) is 16.9 Å². The van der Waals surface area contributed by atoms with E-state index >= 15 is 0 Å². The molecule has 0 aliphatic carbocycles. The highest BCUT2D eigenvalue weighted by molar-refractivity contribution is 6.30. The molecule has 0 amide bonds. The van der Waals surface area contributed by atoms with Crippen LogP contribution in [0.4, 0.5) is 0 Å². The van der Waals surface area contributed by atoms with E-state index in [4.69, 9.17) is 11.6 Å². The number of nitrogens with zero attached hydrogens (tertiary/aromatic N) is 4. The van der Waals surface area contributed by atoms with Gasteiger partial charge in [-0.3, -0.25) is 23.1 Å². The summed E-state index contributed by atoms with van der Waals surface area (Å²) >= 11 is 5.94. The molecule has 9 heteroatoms. The van der Waals surface area contributed by atoms with Gasteiger partial charge in [-0.25, -0.2) is 9.59 Å².